The molecule has 176 valence electrons. The molecule has 2 N–H and O–H groups in total. The van der Waals surface area contributed by atoms with Gasteiger partial charge in [0.2, 0.25) is 0 Å². The molecule has 2 aromatic carbocycles. The average molecular weight is 478 g/mol. The van der Waals surface area contributed by atoms with Gasteiger partial charge in [-0.3, -0.25) is 9.71 Å². The molecule has 8 heteroatoms. The van der Waals surface area contributed by atoms with Gasteiger partial charge in [0.15, 0.2) is 0 Å². The summed E-state index contributed by atoms with van der Waals surface area (Å²) < 4.78 is 34.0. The molecule has 0 atom stereocenters. The van der Waals surface area contributed by atoms with Crippen molar-refractivity contribution in [1.29, 1.82) is 0 Å². The van der Waals surface area contributed by atoms with E-state index in [1.165, 1.54) is 0 Å². The number of benzene rings is 2. The number of esters is 1. The van der Waals surface area contributed by atoms with E-state index < -0.39 is 16.0 Å². The van der Waals surface area contributed by atoms with Crippen LogP contribution in [0, 0.1) is 0 Å². The second-order valence-corrected chi connectivity index (χ2v) is 10.7. The van der Waals surface area contributed by atoms with Gasteiger partial charge in [-0.15, -0.1) is 0 Å². The first kappa shape index (κ1) is 23.5. The summed E-state index contributed by atoms with van der Waals surface area (Å²) in [5.74, 6) is -0.480. The maximum Gasteiger partial charge on any atom is 0.355 e. The Hall–Kier alpha value is -3.65. The first-order valence-electron chi connectivity index (χ1n) is 11.0. The van der Waals surface area contributed by atoms with Crippen molar-refractivity contribution in [3.05, 3.63) is 78.2 Å². The molecule has 0 amide bonds. The van der Waals surface area contributed by atoms with Crippen molar-refractivity contribution in [2.24, 2.45) is 0 Å². The number of fused-ring (bicyclic) bond motifs is 1. The molecule has 34 heavy (non-hydrogen) atoms. The van der Waals surface area contributed by atoms with Crippen molar-refractivity contribution in [3.63, 3.8) is 0 Å². The highest BCUT2D eigenvalue weighted by atomic mass is 32.2. The molecule has 0 saturated heterocycles. The van der Waals surface area contributed by atoms with E-state index in [9.17, 15) is 13.2 Å². The fraction of sp³-hybridized carbons (Fsp3) is 0.231. The molecule has 2 aromatic heterocycles. The summed E-state index contributed by atoms with van der Waals surface area (Å²) in [6.45, 7) is 8.21. The molecular weight excluding hydrogens is 450 g/mol. The summed E-state index contributed by atoms with van der Waals surface area (Å²) in [4.78, 5) is 20.0. The number of hydrogen-bond donors (Lipinski definition) is 2. The highest BCUT2D eigenvalue weighted by Crippen LogP contribution is 2.35. The fourth-order valence-corrected chi connectivity index (χ4v) is 4.83. The van der Waals surface area contributed by atoms with E-state index in [4.69, 9.17) is 4.74 Å². The number of carbonyl (C=O) groups is 1. The van der Waals surface area contributed by atoms with Gasteiger partial charge >= 0.3 is 5.97 Å². The minimum Gasteiger partial charge on any atom is -0.461 e. The molecule has 0 bridgehead atoms. The van der Waals surface area contributed by atoms with Gasteiger partial charge in [-0.2, -0.15) is 0 Å². The number of pyridine rings is 1. The van der Waals surface area contributed by atoms with Crippen molar-refractivity contribution in [1.82, 2.24) is 9.97 Å². The van der Waals surface area contributed by atoms with E-state index in [0.29, 0.717) is 27.8 Å². The van der Waals surface area contributed by atoms with Crippen molar-refractivity contribution in [2.45, 2.75) is 38.0 Å². The van der Waals surface area contributed by atoms with Crippen LogP contribution in [0.15, 0.2) is 71.9 Å². The third-order valence-corrected chi connectivity index (χ3v) is 6.93. The Kier molecular flexibility index (Phi) is 6.18. The Balaban J connectivity index is 1.75. The number of ether oxygens (including phenoxy) is 1. The van der Waals surface area contributed by atoms with Crippen LogP contribution in [0.5, 0.6) is 0 Å². The van der Waals surface area contributed by atoms with Gasteiger partial charge in [-0.25, -0.2) is 13.2 Å². The van der Waals surface area contributed by atoms with Crippen LogP contribution < -0.4 is 4.72 Å². The van der Waals surface area contributed by atoms with E-state index >= 15 is 0 Å². The third kappa shape index (κ3) is 4.68. The van der Waals surface area contributed by atoms with Gasteiger partial charge in [-0.05, 0) is 65.9 Å². The van der Waals surface area contributed by atoms with Gasteiger partial charge in [0.1, 0.15) is 5.69 Å². The second-order valence-electron chi connectivity index (χ2n) is 8.97. The van der Waals surface area contributed by atoms with E-state index in [0.717, 1.165) is 11.1 Å². The number of aromatic amines is 1. The molecule has 0 fully saturated rings. The summed E-state index contributed by atoms with van der Waals surface area (Å²) in [5, 5.41) is 0.692. The quantitative estimate of drug-likeness (QED) is 0.357. The highest BCUT2D eigenvalue weighted by molar-refractivity contribution is 7.92. The zero-order chi connectivity index (χ0) is 24.5. The highest BCUT2D eigenvalue weighted by Gasteiger charge is 2.22. The molecule has 0 unspecified atom stereocenters. The average Bonchev–Trinajstić information content (AvgIpc) is 3.18. The minimum absolute atomic E-state index is 0.0744. The summed E-state index contributed by atoms with van der Waals surface area (Å²) >= 11 is 0. The molecule has 0 saturated carbocycles. The monoisotopic (exact) mass is 477 g/mol. The Bertz CT molecular complexity index is 1440. The largest absolute Gasteiger partial charge is 0.461 e. The van der Waals surface area contributed by atoms with Crippen molar-refractivity contribution in [2.75, 3.05) is 11.3 Å². The van der Waals surface area contributed by atoms with Crippen molar-refractivity contribution >= 4 is 32.6 Å². The molecule has 4 rings (SSSR count). The zero-order valence-electron chi connectivity index (χ0n) is 19.5. The molecule has 2 heterocycles. The summed E-state index contributed by atoms with van der Waals surface area (Å²) in [6.07, 6.45) is 3.27. The number of rotatable bonds is 6. The minimum atomic E-state index is -3.80. The fourth-order valence-electron chi connectivity index (χ4n) is 3.78. The smallest absolute Gasteiger partial charge is 0.355 e. The number of aromatic nitrogens is 2. The molecule has 0 radical (unpaired) electrons. The molecule has 7 nitrogen and oxygen atoms in total. The molecule has 0 spiro atoms. The lowest BCUT2D eigenvalue weighted by atomic mass is 9.87. The van der Waals surface area contributed by atoms with E-state index in [1.807, 2.05) is 12.1 Å². The molecule has 0 aliphatic heterocycles. The van der Waals surface area contributed by atoms with Crippen LogP contribution in [0.4, 0.5) is 5.69 Å². The standard InChI is InChI=1S/C26H27N3O4S/c1-5-33-25(30)24-23(17-12-14-27-15-13-17)21-16-19(8-11-22(21)28-24)29-34(31,32)20-9-6-18(7-10-20)26(2,3)4/h6-16,28-29H,5H2,1-4H3. The van der Waals surface area contributed by atoms with Crippen LogP contribution in [-0.4, -0.2) is 31.0 Å². The Labute approximate surface area is 199 Å². The third-order valence-electron chi connectivity index (χ3n) is 5.53. The number of nitrogens with one attached hydrogen (secondary N) is 2. The first-order chi connectivity index (χ1) is 16.1. The molecule has 4 aromatic rings. The maximum absolute atomic E-state index is 13.1. The number of hydrogen-bond acceptors (Lipinski definition) is 5. The Morgan fingerprint density at radius 3 is 2.32 bits per heavy atom. The first-order valence-corrected chi connectivity index (χ1v) is 12.4. The van der Waals surface area contributed by atoms with Crippen LogP contribution in [0.1, 0.15) is 43.7 Å². The lowest BCUT2D eigenvalue weighted by Gasteiger charge is -2.19. The summed E-state index contributed by atoms with van der Waals surface area (Å²) in [7, 11) is -3.80. The van der Waals surface area contributed by atoms with Crippen LogP contribution in [0.2, 0.25) is 0 Å². The van der Waals surface area contributed by atoms with Crippen LogP contribution >= 0.6 is 0 Å². The van der Waals surface area contributed by atoms with Crippen molar-refractivity contribution in [3.8, 4) is 11.1 Å². The summed E-state index contributed by atoms with van der Waals surface area (Å²) in [5.41, 5.74) is 3.75. The molecular formula is C26H27N3O4S. The maximum atomic E-state index is 13.1. The zero-order valence-corrected chi connectivity index (χ0v) is 20.4. The topological polar surface area (TPSA) is 101 Å². The van der Waals surface area contributed by atoms with Crippen molar-refractivity contribution < 1.29 is 17.9 Å². The lowest BCUT2D eigenvalue weighted by molar-refractivity contribution is 0.0521. The van der Waals surface area contributed by atoms with Crippen LogP contribution in [0.25, 0.3) is 22.0 Å². The van der Waals surface area contributed by atoms with E-state index in [-0.39, 0.29) is 16.9 Å². The van der Waals surface area contributed by atoms with E-state index in [1.54, 1.807) is 61.8 Å². The lowest BCUT2D eigenvalue weighted by Crippen LogP contribution is -2.14. The Morgan fingerprint density at radius 1 is 1.03 bits per heavy atom. The van der Waals surface area contributed by atoms with Crippen LogP contribution in [-0.2, 0) is 20.2 Å². The van der Waals surface area contributed by atoms with Gasteiger partial charge in [0.25, 0.3) is 10.0 Å². The number of nitrogens with zero attached hydrogens (tertiary/aromatic N) is 1. The Morgan fingerprint density at radius 2 is 1.71 bits per heavy atom. The van der Waals surface area contributed by atoms with Gasteiger partial charge in [0.05, 0.1) is 11.5 Å². The molecule has 0 aliphatic carbocycles. The normalized spacial score (nSPS) is 12.0. The van der Waals surface area contributed by atoms with Crippen LogP contribution in [0.3, 0.4) is 0 Å². The summed E-state index contributed by atoms with van der Waals surface area (Å²) in [6, 6.07) is 15.6. The second kappa shape index (κ2) is 8.95. The molecule has 0 aliphatic rings. The number of carbonyl (C=O) groups excluding carboxylic acids is 1. The van der Waals surface area contributed by atoms with Gasteiger partial charge in [-0.1, -0.05) is 32.9 Å². The number of anilines is 1. The van der Waals surface area contributed by atoms with Gasteiger partial charge in [0, 0.05) is 34.5 Å². The van der Waals surface area contributed by atoms with Gasteiger partial charge < -0.3 is 9.72 Å². The number of sulfonamides is 1. The predicted octanol–water partition coefficient (Wildman–Crippen LogP) is 5.50. The SMILES string of the molecule is CCOC(=O)c1[nH]c2ccc(NS(=O)(=O)c3ccc(C(C)(C)C)cc3)cc2c1-c1ccncc1. The number of H-pyrrole nitrogens is 1. The predicted molar refractivity (Wildman–Crippen MR) is 133 cm³/mol. The van der Waals surface area contributed by atoms with E-state index in [2.05, 4.69) is 35.5 Å².